The predicted octanol–water partition coefficient (Wildman–Crippen LogP) is 4.90. The molecule has 0 bridgehead atoms. The highest BCUT2D eigenvalue weighted by atomic mass is 32.2. The van der Waals surface area contributed by atoms with E-state index in [1.54, 1.807) is 5.38 Å². The van der Waals surface area contributed by atoms with Crippen molar-refractivity contribution in [2.45, 2.75) is 41.9 Å². The van der Waals surface area contributed by atoms with Crippen LogP contribution in [0.5, 0.6) is 5.75 Å². The largest absolute Gasteiger partial charge is 0.473 e. The first-order valence-electron chi connectivity index (χ1n) is 10.0. The maximum absolute atomic E-state index is 14.2. The third-order valence-corrected chi connectivity index (χ3v) is 8.26. The average molecular weight is 479 g/mol. The van der Waals surface area contributed by atoms with Crippen LogP contribution in [0.4, 0.5) is 13.9 Å². The number of nitrogens with one attached hydrogen (secondary N) is 1. The molecule has 6 nitrogen and oxygen atoms in total. The van der Waals surface area contributed by atoms with Gasteiger partial charge in [0.1, 0.15) is 5.82 Å². The maximum atomic E-state index is 14.2. The zero-order chi connectivity index (χ0) is 22.7. The third kappa shape index (κ3) is 4.81. The molecule has 1 N–H and O–H groups in total. The van der Waals surface area contributed by atoms with Crippen LogP contribution in [-0.4, -0.2) is 24.6 Å². The topological polar surface area (TPSA) is 85.4 Å². The summed E-state index contributed by atoms with van der Waals surface area (Å²) in [6.07, 6.45) is 3.24. The molecule has 0 spiro atoms. The maximum Gasteiger partial charge on any atom is 0.271 e. The van der Waals surface area contributed by atoms with Gasteiger partial charge in [-0.1, -0.05) is 25.0 Å². The highest BCUT2D eigenvalue weighted by molar-refractivity contribution is 7.92. The van der Waals surface area contributed by atoms with Gasteiger partial charge < -0.3 is 4.74 Å². The molecular weight excluding hydrogens is 458 g/mol. The van der Waals surface area contributed by atoms with E-state index in [0.29, 0.717) is 29.6 Å². The quantitative estimate of drug-likeness (QED) is 0.522. The zero-order valence-electron chi connectivity index (χ0n) is 16.8. The van der Waals surface area contributed by atoms with E-state index in [-0.39, 0.29) is 10.6 Å². The Morgan fingerprint density at radius 1 is 1.12 bits per heavy atom. The summed E-state index contributed by atoms with van der Waals surface area (Å²) in [5.74, 6) is -2.68. The SMILES string of the molecule is O=C(Nc1nccs1)C(Oc1ccc(F)cc1F)c1ccc(S(=O)(=O)C2CCCC2)cc1. The van der Waals surface area contributed by atoms with Gasteiger partial charge in [0.25, 0.3) is 5.91 Å². The number of hydrogen-bond donors (Lipinski definition) is 1. The van der Waals surface area contributed by atoms with E-state index in [4.69, 9.17) is 4.74 Å². The van der Waals surface area contributed by atoms with Crippen molar-refractivity contribution in [2.75, 3.05) is 5.32 Å². The molecule has 32 heavy (non-hydrogen) atoms. The Hall–Kier alpha value is -2.85. The molecule has 1 aliphatic carbocycles. The minimum absolute atomic E-state index is 0.167. The Morgan fingerprint density at radius 2 is 1.84 bits per heavy atom. The Balaban J connectivity index is 1.63. The number of sulfone groups is 1. The molecule has 1 heterocycles. The molecule has 0 saturated heterocycles. The van der Waals surface area contributed by atoms with Gasteiger partial charge in [-0.3, -0.25) is 10.1 Å². The van der Waals surface area contributed by atoms with Crippen molar-refractivity contribution >= 4 is 32.2 Å². The van der Waals surface area contributed by atoms with Crippen LogP contribution in [0.1, 0.15) is 37.4 Å². The van der Waals surface area contributed by atoms with Crippen LogP contribution < -0.4 is 10.1 Å². The second-order valence-corrected chi connectivity index (χ2v) is 10.5. The minimum atomic E-state index is -3.46. The number of amides is 1. The molecule has 4 rings (SSSR count). The van der Waals surface area contributed by atoms with Gasteiger partial charge in [0.05, 0.1) is 10.1 Å². The summed E-state index contributed by atoms with van der Waals surface area (Å²) in [5.41, 5.74) is 0.313. The van der Waals surface area contributed by atoms with Crippen molar-refractivity contribution in [2.24, 2.45) is 0 Å². The molecule has 1 amide bonds. The van der Waals surface area contributed by atoms with Crippen LogP contribution in [0.15, 0.2) is 58.9 Å². The Kier molecular flexibility index (Phi) is 6.52. The molecule has 1 fully saturated rings. The average Bonchev–Trinajstić information content (AvgIpc) is 3.48. The highest BCUT2D eigenvalue weighted by Crippen LogP contribution is 2.31. The van der Waals surface area contributed by atoms with Crippen LogP contribution in [-0.2, 0) is 14.6 Å². The Bertz CT molecular complexity index is 1190. The fraction of sp³-hybridized carbons (Fsp3) is 0.273. The van der Waals surface area contributed by atoms with Gasteiger partial charge in [-0.25, -0.2) is 22.2 Å². The molecule has 2 aromatic carbocycles. The van der Waals surface area contributed by atoms with Gasteiger partial charge in [-0.2, -0.15) is 0 Å². The lowest BCUT2D eigenvalue weighted by Crippen LogP contribution is -2.26. The summed E-state index contributed by atoms with van der Waals surface area (Å²) < 4.78 is 58.7. The van der Waals surface area contributed by atoms with Crippen LogP contribution in [0.25, 0.3) is 0 Å². The van der Waals surface area contributed by atoms with Gasteiger partial charge in [-0.05, 0) is 37.1 Å². The van der Waals surface area contributed by atoms with E-state index in [2.05, 4.69) is 10.3 Å². The van der Waals surface area contributed by atoms with E-state index in [1.807, 2.05) is 0 Å². The highest BCUT2D eigenvalue weighted by Gasteiger charge is 2.31. The number of benzene rings is 2. The minimum Gasteiger partial charge on any atom is -0.473 e. The fourth-order valence-electron chi connectivity index (χ4n) is 3.65. The number of thiazole rings is 1. The number of carbonyl (C=O) groups is 1. The van der Waals surface area contributed by atoms with Crippen LogP contribution in [0.2, 0.25) is 0 Å². The summed E-state index contributed by atoms with van der Waals surface area (Å²) in [4.78, 5) is 17.1. The fourth-order valence-corrected chi connectivity index (χ4v) is 6.04. The number of hydrogen-bond acceptors (Lipinski definition) is 6. The number of anilines is 1. The van der Waals surface area contributed by atoms with Gasteiger partial charge in [0.2, 0.25) is 6.10 Å². The lowest BCUT2D eigenvalue weighted by atomic mass is 10.1. The summed E-state index contributed by atoms with van der Waals surface area (Å²) in [6.45, 7) is 0. The molecule has 1 aromatic heterocycles. The standard InChI is InChI=1S/C22H20F2N2O4S2/c23-15-7-10-19(18(24)13-15)30-20(21(27)26-22-25-11-12-31-22)14-5-8-17(9-6-14)32(28,29)16-3-1-2-4-16/h5-13,16,20H,1-4H2,(H,25,26,27). The van der Waals surface area contributed by atoms with Crippen molar-refractivity contribution < 1.29 is 26.7 Å². The van der Waals surface area contributed by atoms with E-state index in [1.165, 1.54) is 41.8 Å². The van der Waals surface area contributed by atoms with Gasteiger partial charge in [0, 0.05) is 23.2 Å². The number of nitrogens with zero attached hydrogens (tertiary/aromatic N) is 1. The predicted molar refractivity (Wildman–Crippen MR) is 116 cm³/mol. The van der Waals surface area contributed by atoms with E-state index in [0.717, 1.165) is 25.0 Å². The second-order valence-electron chi connectivity index (χ2n) is 7.42. The third-order valence-electron chi connectivity index (χ3n) is 5.29. The van der Waals surface area contributed by atoms with Gasteiger partial charge in [0.15, 0.2) is 26.5 Å². The summed E-state index contributed by atoms with van der Waals surface area (Å²) in [5, 5.41) is 4.19. The lowest BCUT2D eigenvalue weighted by Gasteiger charge is -2.19. The van der Waals surface area contributed by atoms with Crippen LogP contribution in [0.3, 0.4) is 0 Å². The molecule has 1 saturated carbocycles. The lowest BCUT2D eigenvalue weighted by molar-refractivity contribution is -0.123. The molecule has 1 unspecified atom stereocenters. The van der Waals surface area contributed by atoms with Crippen LogP contribution in [0, 0.1) is 11.6 Å². The molecule has 10 heteroatoms. The molecule has 1 atom stereocenters. The molecule has 0 aliphatic heterocycles. The normalized spacial score (nSPS) is 15.4. The Labute approximate surface area is 188 Å². The first-order chi connectivity index (χ1) is 15.3. The first-order valence-corrected chi connectivity index (χ1v) is 12.4. The number of ether oxygens (including phenoxy) is 1. The van der Waals surface area contributed by atoms with Crippen molar-refractivity contribution in [3.05, 3.63) is 71.2 Å². The first kappa shape index (κ1) is 22.3. The number of halogens is 2. The van der Waals surface area contributed by atoms with Gasteiger partial charge >= 0.3 is 0 Å². The smallest absolute Gasteiger partial charge is 0.271 e. The van der Waals surface area contributed by atoms with Crippen molar-refractivity contribution in [3.8, 4) is 5.75 Å². The molecule has 168 valence electrons. The van der Waals surface area contributed by atoms with E-state index in [9.17, 15) is 22.0 Å². The zero-order valence-corrected chi connectivity index (χ0v) is 18.5. The second kappa shape index (κ2) is 9.33. The van der Waals surface area contributed by atoms with E-state index >= 15 is 0 Å². The molecule has 1 aliphatic rings. The summed E-state index contributed by atoms with van der Waals surface area (Å²) in [7, 11) is -3.46. The number of rotatable bonds is 7. The van der Waals surface area contributed by atoms with Crippen LogP contribution >= 0.6 is 11.3 Å². The number of carbonyl (C=O) groups excluding carboxylic acids is 1. The van der Waals surface area contributed by atoms with Crippen molar-refractivity contribution in [1.82, 2.24) is 4.98 Å². The van der Waals surface area contributed by atoms with E-state index < -0.39 is 38.7 Å². The van der Waals surface area contributed by atoms with Crippen molar-refractivity contribution in [3.63, 3.8) is 0 Å². The molecule has 0 radical (unpaired) electrons. The summed E-state index contributed by atoms with van der Waals surface area (Å²) in [6, 6.07) is 8.56. The number of aromatic nitrogens is 1. The monoisotopic (exact) mass is 478 g/mol. The van der Waals surface area contributed by atoms with Crippen molar-refractivity contribution in [1.29, 1.82) is 0 Å². The summed E-state index contributed by atoms with van der Waals surface area (Å²) >= 11 is 1.19. The molecular formula is C22H20F2N2O4S2. The van der Waals surface area contributed by atoms with Gasteiger partial charge in [-0.15, -0.1) is 11.3 Å². The molecule has 3 aromatic rings. The Morgan fingerprint density at radius 3 is 2.47 bits per heavy atom.